The van der Waals surface area contributed by atoms with Gasteiger partial charge in [0.1, 0.15) is 0 Å². The zero-order chi connectivity index (χ0) is 15.4. The summed E-state index contributed by atoms with van der Waals surface area (Å²) in [5.41, 5.74) is 2.14. The van der Waals surface area contributed by atoms with Crippen molar-refractivity contribution in [3.8, 4) is 0 Å². The summed E-state index contributed by atoms with van der Waals surface area (Å²) in [4.78, 5) is 18.8. The number of hydrogen-bond acceptors (Lipinski definition) is 4. The van der Waals surface area contributed by atoms with Crippen molar-refractivity contribution in [2.45, 2.75) is 25.3 Å². The van der Waals surface area contributed by atoms with Gasteiger partial charge < -0.3 is 10.2 Å². The van der Waals surface area contributed by atoms with Gasteiger partial charge in [-0.1, -0.05) is 30.3 Å². The second-order valence-electron chi connectivity index (χ2n) is 5.72. The van der Waals surface area contributed by atoms with E-state index < -0.39 is 0 Å². The zero-order valence-electron chi connectivity index (χ0n) is 12.8. The van der Waals surface area contributed by atoms with E-state index in [-0.39, 0.29) is 5.91 Å². The summed E-state index contributed by atoms with van der Waals surface area (Å²) >= 11 is 1.64. The molecule has 1 aliphatic rings. The number of amides is 1. The standard InChI is InChI=1S/C17H21N3OS/c1-20(15-7-8-18-11-15)17(21)10-14-12-22-16(19-14)9-13-5-3-2-4-6-13/h2-6,12,15,18H,7-11H2,1H3. The van der Waals surface area contributed by atoms with Crippen LogP contribution in [0, 0.1) is 0 Å². The van der Waals surface area contributed by atoms with E-state index in [1.807, 2.05) is 35.5 Å². The van der Waals surface area contributed by atoms with E-state index in [0.717, 1.165) is 36.6 Å². The third kappa shape index (κ3) is 3.72. The first-order valence-electron chi connectivity index (χ1n) is 7.66. The molecule has 1 aromatic heterocycles. The number of nitrogens with one attached hydrogen (secondary N) is 1. The van der Waals surface area contributed by atoms with Crippen LogP contribution in [0.4, 0.5) is 0 Å². The van der Waals surface area contributed by atoms with Crippen molar-refractivity contribution in [3.05, 3.63) is 52.0 Å². The molecule has 1 fully saturated rings. The number of benzene rings is 1. The minimum absolute atomic E-state index is 0.158. The Morgan fingerprint density at radius 2 is 2.23 bits per heavy atom. The van der Waals surface area contributed by atoms with Crippen molar-refractivity contribution in [1.29, 1.82) is 0 Å². The van der Waals surface area contributed by atoms with Crippen molar-refractivity contribution < 1.29 is 4.79 Å². The number of aromatic nitrogens is 1. The van der Waals surface area contributed by atoms with E-state index in [1.165, 1.54) is 5.56 Å². The molecule has 2 aromatic rings. The molecule has 1 amide bonds. The highest BCUT2D eigenvalue weighted by atomic mass is 32.1. The van der Waals surface area contributed by atoms with Crippen LogP contribution < -0.4 is 5.32 Å². The van der Waals surface area contributed by atoms with Gasteiger partial charge in [0, 0.05) is 31.4 Å². The normalized spacial score (nSPS) is 17.6. The fourth-order valence-electron chi connectivity index (χ4n) is 2.74. The van der Waals surface area contributed by atoms with Crippen molar-refractivity contribution in [2.24, 2.45) is 0 Å². The number of thiazole rings is 1. The lowest BCUT2D eigenvalue weighted by Crippen LogP contribution is -2.39. The number of carbonyl (C=O) groups is 1. The highest BCUT2D eigenvalue weighted by Gasteiger charge is 2.23. The maximum absolute atomic E-state index is 12.3. The van der Waals surface area contributed by atoms with E-state index in [9.17, 15) is 4.79 Å². The summed E-state index contributed by atoms with van der Waals surface area (Å²) in [6.45, 7) is 1.90. The predicted molar refractivity (Wildman–Crippen MR) is 89.1 cm³/mol. The largest absolute Gasteiger partial charge is 0.341 e. The second-order valence-corrected chi connectivity index (χ2v) is 6.67. The lowest BCUT2D eigenvalue weighted by atomic mass is 10.2. The van der Waals surface area contributed by atoms with Crippen molar-refractivity contribution in [2.75, 3.05) is 20.1 Å². The molecule has 0 radical (unpaired) electrons. The molecule has 4 nitrogen and oxygen atoms in total. The van der Waals surface area contributed by atoms with Gasteiger partial charge in [0.05, 0.1) is 17.1 Å². The molecule has 1 aromatic carbocycles. The van der Waals surface area contributed by atoms with Gasteiger partial charge >= 0.3 is 0 Å². The average Bonchev–Trinajstić information content (AvgIpc) is 3.19. The topological polar surface area (TPSA) is 45.2 Å². The molecule has 1 unspecified atom stereocenters. The van der Waals surface area contributed by atoms with E-state index in [4.69, 9.17) is 0 Å². The van der Waals surface area contributed by atoms with Gasteiger partial charge in [-0.05, 0) is 18.5 Å². The zero-order valence-corrected chi connectivity index (χ0v) is 13.6. The molecule has 1 aliphatic heterocycles. The summed E-state index contributed by atoms with van der Waals surface area (Å²) in [6.07, 6.45) is 2.28. The highest BCUT2D eigenvalue weighted by molar-refractivity contribution is 7.09. The molecule has 1 atom stereocenters. The van der Waals surface area contributed by atoms with Crippen LogP contribution in [0.5, 0.6) is 0 Å². The van der Waals surface area contributed by atoms with Gasteiger partial charge in [0.25, 0.3) is 0 Å². The van der Waals surface area contributed by atoms with Gasteiger partial charge in [0.15, 0.2) is 0 Å². The third-order valence-electron chi connectivity index (χ3n) is 4.11. The molecular weight excluding hydrogens is 294 g/mol. The molecule has 3 rings (SSSR count). The van der Waals surface area contributed by atoms with Crippen LogP contribution in [0.3, 0.4) is 0 Å². The second kappa shape index (κ2) is 7.03. The minimum Gasteiger partial charge on any atom is -0.341 e. The molecule has 1 saturated heterocycles. The van der Waals surface area contributed by atoms with Gasteiger partial charge in [-0.15, -0.1) is 11.3 Å². The van der Waals surface area contributed by atoms with Crippen LogP contribution in [0.25, 0.3) is 0 Å². The third-order valence-corrected chi connectivity index (χ3v) is 5.00. The van der Waals surface area contributed by atoms with Crippen LogP contribution in [-0.4, -0.2) is 42.0 Å². The number of nitrogens with zero attached hydrogens (tertiary/aromatic N) is 2. The highest BCUT2D eigenvalue weighted by Crippen LogP contribution is 2.16. The predicted octanol–water partition coefficient (Wildman–Crippen LogP) is 2.10. The first kappa shape index (κ1) is 15.2. The molecule has 1 N–H and O–H groups in total. The molecule has 0 aliphatic carbocycles. The van der Waals surface area contributed by atoms with Crippen molar-refractivity contribution in [3.63, 3.8) is 0 Å². The smallest absolute Gasteiger partial charge is 0.228 e. The van der Waals surface area contributed by atoms with Crippen LogP contribution in [-0.2, 0) is 17.6 Å². The molecule has 22 heavy (non-hydrogen) atoms. The summed E-state index contributed by atoms with van der Waals surface area (Å²) in [5.74, 6) is 0.158. The van der Waals surface area contributed by atoms with Gasteiger partial charge in [-0.2, -0.15) is 0 Å². The molecule has 2 heterocycles. The lowest BCUT2D eigenvalue weighted by molar-refractivity contribution is -0.130. The summed E-state index contributed by atoms with van der Waals surface area (Å²) in [5, 5.41) is 6.38. The number of rotatable bonds is 5. The first-order chi connectivity index (χ1) is 10.7. The van der Waals surface area contributed by atoms with E-state index in [0.29, 0.717) is 12.5 Å². The maximum atomic E-state index is 12.3. The van der Waals surface area contributed by atoms with E-state index in [1.54, 1.807) is 11.3 Å². The monoisotopic (exact) mass is 315 g/mol. The lowest BCUT2D eigenvalue weighted by Gasteiger charge is -2.23. The van der Waals surface area contributed by atoms with E-state index in [2.05, 4.69) is 22.4 Å². The van der Waals surface area contributed by atoms with Crippen LogP contribution in [0.1, 0.15) is 22.7 Å². The summed E-state index contributed by atoms with van der Waals surface area (Å²) < 4.78 is 0. The first-order valence-corrected chi connectivity index (χ1v) is 8.54. The Labute approximate surface area is 135 Å². The molecule has 0 saturated carbocycles. The molecule has 5 heteroatoms. The fraction of sp³-hybridized carbons (Fsp3) is 0.412. The van der Waals surface area contributed by atoms with Crippen LogP contribution in [0.15, 0.2) is 35.7 Å². The van der Waals surface area contributed by atoms with Crippen LogP contribution >= 0.6 is 11.3 Å². The Balaban J connectivity index is 1.58. The minimum atomic E-state index is 0.158. The van der Waals surface area contributed by atoms with Gasteiger partial charge in [-0.3, -0.25) is 4.79 Å². The number of likely N-dealkylation sites (N-methyl/N-ethyl adjacent to an activating group) is 1. The molecule has 0 spiro atoms. The summed E-state index contributed by atoms with van der Waals surface area (Å²) in [6, 6.07) is 10.6. The molecule has 116 valence electrons. The van der Waals surface area contributed by atoms with Gasteiger partial charge in [-0.25, -0.2) is 4.98 Å². The SMILES string of the molecule is CN(C(=O)Cc1csc(Cc2ccccc2)n1)C1CCNC1. The molecule has 0 bridgehead atoms. The van der Waals surface area contributed by atoms with Gasteiger partial charge in [0.2, 0.25) is 5.91 Å². The van der Waals surface area contributed by atoms with Crippen molar-refractivity contribution >= 4 is 17.2 Å². The Morgan fingerprint density at radius 3 is 2.95 bits per heavy atom. The average molecular weight is 315 g/mol. The Kier molecular flexibility index (Phi) is 4.85. The maximum Gasteiger partial charge on any atom is 0.228 e. The Bertz CT molecular complexity index is 620. The summed E-state index contributed by atoms with van der Waals surface area (Å²) in [7, 11) is 1.90. The van der Waals surface area contributed by atoms with Crippen LogP contribution in [0.2, 0.25) is 0 Å². The van der Waals surface area contributed by atoms with E-state index >= 15 is 0 Å². The fourth-order valence-corrected chi connectivity index (χ4v) is 3.56. The Morgan fingerprint density at radius 1 is 1.41 bits per heavy atom. The number of carbonyl (C=O) groups excluding carboxylic acids is 1. The molecular formula is C17H21N3OS. The number of hydrogen-bond donors (Lipinski definition) is 1. The Hall–Kier alpha value is -1.72. The quantitative estimate of drug-likeness (QED) is 0.919. The van der Waals surface area contributed by atoms with Crippen molar-refractivity contribution in [1.82, 2.24) is 15.2 Å².